The Morgan fingerprint density at radius 2 is 2.00 bits per heavy atom. The molecule has 0 aliphatic carbocycles. The Morgan fingerprint density at radius 3 is 2.70 bits per heavy atom. The lowest BCUT2D eigenvalue weighted by Crippen LogP contribution is -2.33. The molecule has 1 rings (SSSR count). The third-order valence-electron chi connectivity index (χ3n) is 2.50. The zero-order valence-corrected chi connectivity index (χ0v) is 12.7. The summed E-state index contributed by atoms with van der Waals surface area (Å²) < 4.78 is 36.8. The van der Waals surface area contributed by atoms with Gasteiger partial charge in [-0.05, 0) is 19.1 Å². The van der Waals surface area contributed by atoms with E-state index in [1.165, 1.54) is 6.07 Å². The quantitative estimate of drug-likeness (QED) is 0.619. The van der Waals surface area contributed by atoms with Crippen LogP contribution in [0.5, 0.6) is 5.75 Å². The van der Waals surface area contributed by atoms with E-state index in [9.17, 15) is 8.42 Å². The SMILES string of the molecule is CCOc1cccc(S(=O)(=O)NCCNCCOC)c1. The van der Waals surface area contributed by atoms with E-state index in [2.05, 4.69) is 10.0 Å². The summed E-state index contributed by atoms with van der Waals surface area (Å²) in [5, 5.41) is 3.07. The number of hydrogen-bond acceptors (Lipinski definition) is 5. The summed E-state index contributed by atoms with van der Waals surface area (Å²) in [5.74, 6) is 0.550. The molecule has 0 bridgehead atoms. The maximum Gasteiger partial charge on any atom is 0.240 e. The van der Waals surface area contributed by atoms with Crippen molar-refractivity contribution >= 4 is 10.0 Å². The van der Waals surface area contributed by atoms with Crippen molar-refractivity contribution < 1.29 is 17.9 Å². The van der Waals surface area contributed by atoms with E-state index < -0.39 is 10.0 Å². The van der Waals surface area contributed by atoms with Crippen molar-refractivity contribution in [1.29, 1.82) is 0 Å². The average Bonchev–Trinajstić information content (AvgIpc) is 2.43. The summed E-state index contributed by atoms with van der Waals surface area (Å²) in [7, 11) is -1.87. The first-order valence-electron chi connectivity index (χ1n) is 6.52. The topological polar surface area (TPSA) is 76.7 Å². The molecule has 114 valence electrons. The van der Waals surface area contributed by atoms with Crippen molar-refractivity contribution in [3.05, 3.63) is 24.3 Å². The normalized spacial score (nSPS) is 11.5. The Kier molecular flexibility index (Phi) is 7.53. The number of nitrogens with one attached hydrogen (secondary N) is 2. The Morgan fingerprint density at radius 1 is 1.20 bits per heavy atom. The fraction of sp³-hybridized carbons (Fsp3) is 0.538. The second-order valence-electron chi connectivity index (χ2n) is 4.05. The number of sulfonamides is 1. The largest absolute Gasteiger partial charge is 0.494 e. The third kappa shape index (κ3) is 5.87. The van der Waals surface area contributed by atoms with Crippen LogP contribution < -0.4 is 14.8 Å². The Balaban J connectivity index is 2.49. The number of benzene rings is 1. The Labute approximate surface area is 120 Å². The van der Waals surface area contributed by atoms with Crippen molar-refractivity contribution in [2.45, 2.75) is 11.8 Å². The van der Waals surface area contributed by atoms with E-state index in [0.29, 0.717) is 38.6 Å². The van der Waals surface area contributed by atoms with Crippen molar-refractivity contribution in [2.75, 3.05) is 40.0 Å². The van der Waals surface area contributed by atoms with E-state index in [1.807, 2.05) is 6.92 Å². The maximum atomic E-state index is 12.1. The van der Waals surface area contributed by atoms with Gasteiger partial charge in [-0.15, -0.1) is 0 Å². The lowest BCUT2D eigenvalue weighted by Gasteiger charge is -2.09. The molecule has 6 nitrogen and oxygen atoms in total. The minimum Gasteiger partial charge on any atom is -0.494 e. The van der Waals surface area contributed by atoms with Gasteiger partial charge in [-0.2, -0.15) is 0 Å². The molecule has 0 radical (unpaired) electrons. The van der Waals surface area contributed by atoms with Crippen LogP contribution in [0.1, 0.15) is 6.92 Å². The lowest BCUT2D eigenvalue weighted by molar-refractivity contribution is 0.199. The molecule has 0 atom stereocenters. The second kappa shape index (κ2) is 8.91. The maximum absolute atomic E-state index is 12.1. The van der Waals surface area contributed by atoms with Crippen LogP contribution in [0.3, 0.4) is 0 Å². The molecular weight excluding hydrogens is 280 g/mol. The van der Waals surface area contributed by atoms with Crippen molar-refractivity contribution in [3.8, 4) is 5.75 Å². The summed E-state index contributed by atoms with van der Waals surface area (Å²) >= 11 is 0. The summed E-state index contributed by atoms with van der Waals surface area (Å²) in [6, 6.07) is 6.46. The van der Waals surface area contributed by atoms with Crippen molar-refractivity contribution in [1.82, 2.24) is 10.0 Å². The molecule has 0 saturated heterocycles. The highest BCUT2D eigenvalue weighted by Gasteiger charge is 2.13. The van der Waals surface area contributed by atoms with Crippen LogP contribution in [0, 0.1) is 0 Å². The Hall–Kier alpha value is -1.15. The van der Waals surface area contributed by atoms with Gasteiger partial charge in [-0.25, -0.2) is 13.1 Å². The van der Waals surface area contributed by atoms with Gasteiger partial charge >= 0.3 is 0 Å². The predicted octanol–water partition coefficient (Wildman–Crippen LogP) is 0.600. The smallest absolute Gasteiger partial charge is 0.240 e. The zero-order chi connectivity index (χ0) is 14.8. The molecule has 0 aliphatic rings. The average molecular weight is 302 g/mol. The summed E-state index contributed by atoms with van der Waals surface area (Å²) in [5.41, 5.74) is 0. The van der Waals surface area contributed by atoms with Gasteiger partial charge in [0.25, 0.3) is 0 Å². The van der Waals surface area contributed by atoms with Gasteiger partial charge in [-0.1, -0.05) is 6.07 Å². The number of hydrogen-bond donors (Lipinski definition) is 2. The molecule has 0 heterocycles. The minimum atomic E-state index is -3.50. The highest BCUT2D eigenvalue weighted by atomic mass is 32.2. The van der Waals surface area contributed by atoms with Gasteiger partial charge in [0.1, 0.15) is 5.75 Å². The lowest BCUT2D eigenvalue weighted by atomic mass is 10.3. The van der Waals surface area contributed by atoms with Crippen LogP contribution in [0.2, 0.25) is 0 Å². The molecule has 0 fully saturated rings. The highest BCUT2D eigenvalue weighted by Crippen LogP contribution is 2.17. The van der Waals surface area contributed by atoms with E-state index in [0.717, 1.165) is 0 Å². The number of ether oxygens (including phenoxy) is 2. The molecule has 20 heavy (non-hydrogen) atoms. The van der Waals surface area contributed by atoms with Gasteiger partial charge in [0, 0.05) is 32.8 Å². The molecule has 0 unspecified atom stereocenters. The zero-order valence-electron chi connectivity index (χ0n) is 11.9. The van der Waals surface area contributed by atoms with Crippen LogP contribution in [-0.2, 0) is 14.8 Å². The summed E-state index contributed by atoms with van der Waals surface area (Å²) in [6.45, 7) is 4.52. The van der Waals surface area contributed by atoms with Crippen LogP contribution in [0.25, 0.3) is 0 Å². The van der Waals surface area contributed by atoms with Gasteiger partial charge in [-0.3, -0.25) is 0 Å². The van der Waals surface area contributed by atoms with Gasteiger partial charge in [0.15, 0.2) is 0 Å². The first kappa shape index (κ1) is 16.9. The second-order valence-corrected chi connectivity index (χ2v) is 5.82. The monoisotopic (exact) mass is 302 g/mol. The molecule has 1 aromatic rings. The number of rotatable bonds is 10. The summed E-state index contributed by atoms with van der Waals surface area (Å²) in [6.07, 6.45) is 0. The molecule has 0 aromatic heterocycles. The Bertz CT molecular complexity index is 491. The van der Waals surface area contributed by atoms with Gasteiger partial charge < -0.3 is 14.8 Å². The standard InChI is InChI=1S/C13H22N2O4S/c1-3-19-12-5-4-6-13(11-12)20(16,17)15-8-7-14-9-10-18-2/h4-6,11,14-15H,3,7-10H2,1-2H3. The molecule has 1 aromatic carbocycles. The van der Waals surface area contributed by atoms with E-state index in [4.69, 9.17) is 9.47 Å². The first-order valence-corrected chi connectivity index (χ1v) is 8.00. The number of methoxy groups -OCH3 is 1. The highest BCUT2D eigenvalue weighted by molar-refractivity contribution is 7.89. The molecule has 0 saturated carbocycles. The summed E-state index contributed by atoms with van der Waals surface area (Å²) in [4.78, 5) is 0.209. The molecule has 0 amide bonds. The van der Waals surface area contributed by atoms with E-state index in [1.54, 1.807) is 25.3 Å². The molecule has 0 spiro atoms. The van der Waals surface area contributed by atoms with E-state index >= 15 is 0 Å². The van der Waals surface area contributed by atoms with Crippen LogP contribution in [0.15, 0.2) is 29.2 Å². The predicted molar refractivity (Wildman–Crippen MR) is 77.5 cm³/mol. The molecule has 0 aliphatic heterocycles. The van der Waals surface area contributed by atoms with E-state index in [-0.39, 0.29) is 4.90 Å². The van der Waals surface area contributed by atoms with Crippen LogP contribution >= 0.6 is 0 Å². The molecular formula is C13H22N2O4S. The van der Waals surface area contributed by atoms with Gasteiger partial charge in [0.2, 0.25) is 10.0 Å². The van der Waals surface area contributed by atoms with Crippen LogP contribution in [-0.4, -0.2) is 48.4 Å². The third-order valence-corrected chi connectivity index (χ3v) is 3.96. The first-order chi connectivity index (χ1) is 9.60. The van der Waals surface area contributed by atoms with Crippen molar-refractivity contribution in [3.63, 3.8) is 0 Å². The molecule has 2 N–H and O–H groups in total. The minimum absolute atomic E-state index is 0.209. The fourth-order valence-electron chi connectivity index (χ4n) is 1.55. The van der Waals surface area contributed by atoms with Crippen molar-refractivity contribution in [2.24, 2.45) is 0 Å². The van der Waals surface area contributed by atoms with Crippen LogP contribution in [0.4, 0.5) is 0 Å². The van der Waals surface area contributed by atoms with Gasteiger partial charge in [0.05, 0.1) is 18.1 Å². The molecule has 7 heteroatoms. The fourth-order valence-corrected chi connectivity index (χ4v) is 2.62.